The number of benzene rings is 2. The lowest BCUT2D eigenvalue weighted by Gasteiger charge is -2.12. The fourth-order valence-corrected chi connectivity index (χ4v) is 3.33. The van der Waals surface area contributed by atoms with Gasteiger partial charge in [-0.1, -0.05) is 18.2 Å². The molecule has 2 aromatic carbocycles. The zero-order chi connectivity index (χ0) is 15.6. The minimum Gasteiger partial charge on any atom is -0.326 e. The Morgan fingerprint density at radius 3 is 2.52 bits per heavy atom. The topological polar surface area (TPSA) is 72.2 Å². The van der Waals surface area contributed by atoms with Crippen molar-refractivity contribution in [3.63, 3.8) is 0 Å². The summed E-state index contributed by atoms with van der Waals surface area (Å²) in [6.45, 7) is 3.68. The third-order valence-electron chi connectivity index (χ3n) is 3.14. The molecule has 21 heavy (non-hydrogen) atoms. The fraction of sp³-hybridized carbons (Fsp3) is 0.200. The van der Waals surface area contributed by atoms with Gasteiger partial charge >= 0.3 is 0 Å². The van der Waals surface area contributed by atoms with Crippen LogP contribution < -0.4 is 10.5 Å². The van der Waals surface area contributed by atoms with E-state index >= 15 is 0 Å². The van der Waals surface area contributed by atoms with Crippen LogP contribution in [0.2, 0.25) is 0 Å². The van der Waals surface area contributed by atoms with Crippen molar-refractivity contribution in [2.24, 2.45) is 5.73 Å². The summed E-state index contributed by atoms with van der Waals surface area (Å²) < 4.78 is 40.9. The molecule has 2 aromatic rings. The summed E-state index contributed by atoms with van der Waals surface area (Å²) in [6, 6.07) is 9.22. The van der Waals surface area contributed by atoms with Gasteiger partial charge in [-0.3, -0.25) is 4.72 Å². The van der Waals surface area contributed by atoms with Crippen LogP contribution in [0, 0.1) is 19.7 Å². The van der Waals surface area contributed by atoms with Crippen molar-refractivity contribution < 1.29 is 12.8 Å². The van der Waals surface area contributed by atoms with Crippen molar-refractivity contribution in [3.05, 3.63) is 58.9 Å². The minimum absolute atomic E-state index is 0.0625. The molecule has 0 unspecified atom stereocenters. The smallest absolute Gasteiger partial charge is 0.262 e. The lowest BCUT2D eigenvalue weighted by molar-refractivity contribution is 0.598. The highest BCUT2D eigenvalue weighted by molar-refractivity contribution is 7.92. The Labute approximate surface area is 123 Å². The zero-order valence-corrected chi connectivity index (χ0v) is 12.7. The number of nitrogens with two attached hydrogens (primary N) is 1. The van der Waals surface area contributed by atoms with E-state index in [1.165, 1.54) is 18.2 Å². The normalized spacial score (nSPS) is 11.4. The summed E-state index contributed by atoms with van der Waals surface area (Å²) in [7, 11) is -3.86. The largest absolute Gasteiger partial charge is 0.326 e. The van der Waals surface area contributed by atoms with Crippen LogP contribution in [0.1, 0.15) is 16.7 Å². The van der Waals surface area contributed by atoms with E-state index in [1.54, 1.807) is 32.0 Å². The first-order valence-electron chi connectivity index (χ1n) is 6.42. The molecule has 2 rings (SSSR count). The molecule has 6 heteroatoms. The predicted octanol–water partition coefficient (Wildman–Crippen LogP) is 2.70. The van der Waals surface area contributed by atoms with Gasteiger partial charge < -0.3 is 5.73 Å². The van der Waals surface area contributed by atoms with Gasteiger partial charge in [0.25, 0.3) is 10.0 Å². The molecule has 0 spiro atoms. The molecule has 0 amide bonds. The number of nitrogens with one attached hydrogen (secondary N) is 1. The molecule has 0 saturated heterocycles. The quantitative estimate of drug-likeness (QED) is 0.912. The Bertz CT molecular complexity index is 773. The van der Waals surface area contributed by atoms with Crippen molar-refractivity contribution >= 4 is 15.7 Å². The van der Waals surface area contributed by atoms with Crippen LogP contribution in [0.15, 0.2) is 41.3 Å². The first-order valence-corrected chi connectivity index (χ1v) is 7.90. The molecule has 0 fully saturated rings. The molecule has 0 aliphatic rings. The van der Waals surface area contributed by atoms with Crippen molar-refractivity contribution in [3.8, 4) is 0 Å². The summed E-state index contributed by atoms with van der Waals surface area (Å²) >= 11 is 0. The van der Waals surface area contributed by atoms with E-state index in [0.29, 0.717) is 11.1 Å². The fourth-order valence-electron chi connectivity index (χ4n) is 1.98. The van der Waals surface area contributed by atoms with Gasteiger partial charge in [-0.2, -0.15) is 0 Å². The van der Waals surface area contributed by atoms with E-state index in [4.69, 9.17) is 5.73 Å². The number of aryl methyl sites for hydroxylation is 2. The van der Waals surface area contributed by atoms with Crippen LogP contribution in [0.4, 0.5) is 10.1 Å². The maximum Gasteiger partial charge on any atom is 0.262 e. The molecule has 0 atom stereocenters. The molecule has 4 nitrogen and oxygen atoms in total. The second kappa shape index (κ2) is 5.83. The summed E-state index contributed by atoms with van der Waals surface area (Å²) in [4.78, 5) is 0.103. The first-order chi connectivity index (χ1) is 9.83. The van der Waals surface area contributed by atoms with Crippen LogP contribution in [-0.4, -0.2) is 8.42 Å². The third kappa shape index (κ3) is 3.40. The Morgan fingerprint density at radius 1 is 1.14 bits per heavy atom. The number of anilines is 1. The Morgan fingerprint density at radius 2 is 1.86 bits per heavy atom. The van der Waals surface area contributed by atoms with Crippen LogP contribution in [-0.2, 0) is 16.6 Å². The highest BCUT2D eigenvalue weighted by Crippen LogP contribution is 2.23. The van der Waals surface area contributed by atoms with Gasteiger partial charge in [0, 0.05) is 6.54 Å². The monoisotopic (exact) mass is 308 g/mol. The third-order valence-corrected chi connectivity index (χ3v) is 4.65. The van der Waals surface area contributed by atoms with Crippen LogP contribution in [0.5, 0.6) is 0 Å². The lowest BCUT2D eigenvalue weighted by Crippen LogP contribution is -2.16. The number of rotatable bonds is 4. The lowest BCUT2D eigenvalue weighted by atomic mass is 10.1. The van der Waals surface area contributed by atoms with Crippen LogP contribution in [0.3, 0.4) is 0 Å². The molecule has 0 heterocycles. The molecule has 3 N–H and O–H groups in total. The molecule has 112 valence electrons. The van der Waals surface area contributed by atoms with E-state index < -0.39 is 15.8 Å². The van der Waals surface area contributed by atoms with Gasteiger partial charge in [0.2, 0.25) is 0 Å². The van der Waals surface area contributed by atoms with E-state index in [1.807, 2.05) is 0 Å². The molecule has 0 saturated carbocycles. The highest BCUT2D eigenvalue weighted by atomic mass is 32.2. The Hall–Kier alpha value is -1.92. The SMILES string of the molecule is Cc1ccc(F)c(NS(=O)(=O)c2cc(CN)ccc2C)c1. The average Bonchev–Trinajstić information content (AvgIpc) is 2.43. The molecule has 0 bridgehead atoms. The highest BCUT2D eigenvalue weighted by Gasteiger charge is 2.19. The van der Waals surface area contributed by atoms with E-state index in [-0.39, 0.29) is 17.1 Å². The number of hydrogen-bond acceptors (Lipinski definition) is 3. The van der Waals surface area contributed by atoms with Crippen molar-refractivity contribution in [1.29, 1.82) is 0 Å². The Kier molecular flexibility index (Phi) is 4.29. The van der Waals surface area contributed by atoms with Gasteiger partial charge in [-0.25, -0.2) is 12.8 Å². The van der Waals surface area contributed by atoms with Crippen LogP contribution in [0.25, 0.3) is 0 Å². The minimum atomic E-state index is -3.86. The van der Waals surface area contributed by atoms with E-state index in [0.717, 1.165) is 5.56 Å². The van der Waals surface area contributed by atoms with Gasteiger partial charge in [-0.15, -0.1) is 0 Å². The average molecular weight is 308 g/mol. The van der Waals surface area contributed by atoms with Gasteiger partial charge in [0.05, 0.1) is 10.6 Å². The van der Waals surface area contributed by atoms with E-state index in [9.17, 15) is 12.8 Å². The van der Waals surface area contributed by atoms with Crippen molar-refractivity contribution in [2.75, 3.05) is 4.72 Å². The summed E-state index contributed by atoms with van der Waals surface area (Å²) in [6.07, 6.45) is 0. The molecule has 0 radical (unpaired) electrons. The maximum atomic E-state index is 13.7. The first kappa shape index (κ1) is 15.5. The second-order valence-electron chi connectivity index (χ2n) is 4.89. The van der Waals surface area contributed by atoms with Crippen molar-refractivity contribution in [2.45, 2.75) is 25.3 Å². The zero-order valence-electron chi connectivity index (χ0n) is 11.9. The van der Waals surface area contributed by atoms with Crippen LogP contribution >= 0.6 is 0 Å². The summed E-state index contributed by atoms with van der Waals surface area (Å²) in [5.41, 5.74) is 7.51. The molecule has 0 aliphatic carbocycles. The summed E-state index contributed by atoms with van der Waals surface area (Å²) in [5, 5.41) is 0. The number of sulfonamides is 1. The Balaban J connectivity index is 2.45. The van der Waals surface area contributed by atoms with E-state index in [2.05, 4.69) is 4.72 Å². The van der Waals surface area contributed by atoms with Gasteiger partial charge in [0.15, 0.2) is 0 Å². The molecular formula is C15H17FN2O2S. The standard InChI is InChI=1S/C15H17FN2O2S/c1-10-3-6-13(16)14(7-10)18-21(19,20)15-8-12(9-17)5-4-11(15)2/h3-8,18H,9,17H2,1-2H3. The van der Waals surface area contributed by atoms with Gasteiger partial charge in [-0.05, 0) is 48.7 Å². The van der Waals surface area contributed by atoms with Crippen molar-refractivity contribution in [1.82, 2.24) is 0 Å². The number of halogens is 1. The van der Waals surface area contributed by atoms with Gasteiger partial charge in [0.1, 0.15) is 5.82 Å². The molecular weight excluding hydrogens is 291 g/mol. The summed E-state index contributed by atoms with van der Waals surface area (Å²) in [5.74, 6) is -0.614. The number of hydrogen-bond donors (Lipinski definition) is 2. The maximum absolute atomic E-state index is 13.7. The second-order valence-corrected chi connectivity index (χ2v) is 6.54. The predicted molar refractivity (Wildman–Crippen MR) is 81.0 cm³/mol. The molecule has 0 aliphatic heterocycles. The molecule has 0 aromatic heterocycles.